The number of rotatable bonds is 5. The highest BCUT2D eigenvalue weighted by molar-refractivity contribution is 5.95. The lowest BCUT2D eigenvalue weighted by Crippen LogP contribution is -2.32. The summed E-state index contributed by atoms with van der Waals surface area (Å²) < 4.78 is 40.3. The summed E-state index contributed by atoms with van der Waals surface area (Å²) in [5.74, 6) is -0.687. The van der Waals surface area contributed by atoms with Gasteiger partial charge in [0.15, 0.2) is 5.69 Å². The van der Waals surface area contributed by atoms with E-state index in [1.165, 1.54) is 6.42 Å². The van der Waals surface area contributed by atoms with E-state index in [4.69, 9.17) is 0 Å². The number of carbonyl (C=O) groups is 1. The van der Waals surface area contributed by atoms with Crippen LogP contribution in [0.15, 0.2) is 36.5 Å². The van der Waals surface area contributed by atoms with E-state index in [1.54, 1.807) is 30.3 Å². The van der Waals surface area contributed by atoms with E-state index in [2.05, 4.69) is 20.6 Å². The number of anilines is 2. The van der Waals surface area contributed by atoms with E-state index in [0.717, 1.165) is 31.9 Å². The molecule has 1 amide bonds. The minimum atomic E-state index is -4.76. The number of para-hydroxylation sites is 1. The Hall–Kier alpha value is -2.64. The van der Waals surface area contributed by atoms with Crippen molar-refractivity contribution in [3.8, 4) is 0 Å². The maximum Gasteiger partial charge on any atom is 0.434 e. The Labute approximate surface area is 155 Å². The normalized spacial score (nSPS) is 15.4. The lowest BCUT2D eigenvalue weighted by atomic mass is 9.89. The Balaban J connectivity index is 1.76. The van der Waals surface area contributed by atoms with Gasteiger partial charge in [-0.3, -0.25) is 4.79 Å². The summed E-state index contributed by atoms with van der Waals surface area (Å²) in [5, 5.41) is 5.32. The first-order valence-electron chi connectivity index (χ1n) is 8.98. The van der Waals surface area contributed by atoms with Gasteiger partial charge in [-0.25, -0.2) is 9.97 Å². The number of alkyl halides is 3. The van der Waals surface area contributed by atoms with Gasteiger partial charge in [-0.1, -0.05) is 37.5 Å². The average Bonchev–Trinajstić information content (AvgIpc) is 2.67. The highest BCUT2D eigenvalue weighted by atomic mass is 19.4. The summed E-state index contributed by atoms with van der Waals surface area (Å²) in [6, 6.07) is 8.62. The fourth-order valence-corrected chi connectivity index (χ4v) is 3.20. The van der Waals surface area contributed by atoms with Crippen LogP contribution in [0.4, 0.5) is 24.8 Å². The maximum atomic E-state index is 13.4. The van der Waals surface area contributed by atoms with Crippen molar-refractivity contribution in [2.75, 3.05) is 11.9 Å². The number of benzene rings is 1. The number of hydrogen-bond donors (Lipinski definition) is 2. The van der Waals surface area contributed by atoms with Gasteiger partial charge in [-0.05, 0) is 30.9 Å². The zero-order valence-corrected chi connectivity index (χ0v) is 14.7. The molecule has 0 bridgehead atoms. The Morgan fingerprint density at radius 2 is 1.81 bits per heavy atom. The van der Waals surface area contributed by atoms with Gasteiger partial charge in [-0.2, -0.15) is 13.2 Å². The fourth-order valence-electron chi connectivity index (χ4n) is 3.20. The first-order chi connectivity index (χ1) is 12.9. The third-order valence-corrected chi connectivity index (χ3v) is 4.61. The molecule has 2 aromatic rings. The first kappa shape index (κ1) is 19.1. The van der Waals surface area contributed by atoms with Crippen LogP contribution in [0.5, 0.6) is 0 Å². The molecular formula is C19H21F3N4O. The topological polar surface area (TPSA) is 66.9 Å². The largest absolute Gasteiger partial charge is 0.434 e. The molecule has 0 aliphatic heterocycles. The lowest BCUT2D eigenvalue weighted by Gasteiger charge is -2.22. The minimum Gasteiger partial charge on any atom is -0.352 e. The van der Waals surface area contributed by atoms with Crippen molar-refractivity contribution in [3.05, 3.63) is 47.8 Å². The standard InChI is InChI=1S/C19H21F3N4O/c20-19(21,22)16-15(17(27)23-11-13-7-3-1-4-8-13)12-24-18(26-16)25-14-9-5-2-6-10-14/h2,5-6,9-10,12-13H,1,3-4,7-8,11H2,(H,23,27)(H,24,25,26). The Bertz CT molecular complexity index is 774. The molecule has 0 spiro atoms. The molecule has 1 aromatic carbocycles. The molecule has 144 valence electrons. The Morgan fingerprint density at radius 3 is 2.48 bits per heavy atom. The summed E-state index contributed by atoms with van der Waals surface area (Å²) >= 11 is 0. The molecule has 2 N–H and O–H groups in total. The number of amides is 1. The highest BCUT2D eigenvalue weighted by Crippen LogP contribution is 2.31. The fraction of sp³-hybridized carbons (Fsp3) is 0.421. The molecule has 0 radical (unpaired) electrons. The molecule has 0 unspecified atom stereocenters. The molecule has 3 rings (SSSR count). The molecule has 1 fully saturated rings. The zero-order valence-electron chi connectivity index (χ0n) is 14.7. The highest BCUT2D eigenvalue weighted by Gasteiger charge is 2.38. The minimum absolute atomic E-state index is 0.211. The molecule has 1 aliphatic carbocycles. The second-order valence-corrected chi connectivity index (χ2v) is 6.66. The monoisotopic (exact) mass is 378 g/mol. The molecule has 27 heavy (non-hydrogen) atoms. The summed E-state index contributed by atoms with van der Waals surface area (Å²) in [6.45, 7) is 0.375. The summed E-state index contributed by atoms with van der Waals surface area (Å²) in [6.07, 6.45) is 1.51. The van der Waals surface area contributed by atoms with Crippen molar-refractivity contribution >= 4 is 17.5 Å². The molecule has 1 saturated carbocycles. The van der Waals surface area contributed by atoms with Crippen LogP contribution >= 0.6 is 0 Å². The maximum absolute atomic E-state index is 13.4. The summed E-state index contributed by atoms with van der Waals surface area (Å²) in [7, 11) is 0. The van der Waals surface area contributed by atoms with Crippen molar-refractivity contribution in [1.29, 1.82) is 0 Å². The van der Waals surface area contributed by atoms with Crippen LogP contribution in [0.3, 0.4) is 0 Å². The van der Waals surface area contributed by atoms with Gasteiger partial charge in [0, 0.05) is 18.4 Å². The van der Waals surface area contributed by atoms with Gasteiger partial charge in [0.2, 0.25) is 5.95 Å². The number of nitrogens with zero attached hydrogens (tertiary/aromatic N) is 2. The van der Waals surface area contributed by atoms with E-state index >= 15 is 0 Å². The quantitative estimate of drug-likeness (QED) is 0.801. The first-order valence-corrected chi connectivity index (χ1v) is 8.98. The summed E-state index contributed by atoms with van der Waals surface area (Å²) in [5.41, 5.74) is -1.24. The van der Waals surface area contributed by atoms with Crippen molar-refractivity contribution in [1.82, 2.24) is 15.3 Å². The van der Waals surface area contributed by atoms with Crippen LogP contribution in [0.1, 0.15) is 48.2 Å². The molecule has 0 saturated heterocycles. The molecule has 1 aromatic heterocycles. The third kappa shape index (κ3) is 5.18. The number of carbonyl (C=O) groups excluding carboxylic acids is 1. The van der Waals surface area contributed by atoms with Gasteiger partial charge in [0.1, 0.15) is 0 Å². The predicted octanol–water partition coefficient (Wildman–Crippen LogP) is 4.55. The predicted molar refractivity (Wildman–Crippen MR) is 95.7 cm³/mol. The SMILES string of the molecule is O=C(NCC1CCCCC1)c1cnc(Nc2ccccc2)nc1C(F)(F)F. The molecule has 8 heteroatoms. The van der Waals surface area contributed by atoms with Crippen molar-refractivity contribution in [2.24, 2.45) is 5.92 Å². The molecular weight excluding hydrogens is 357 g/mol. The van der Waals surface area contributed by atoms with Crippen LogP contribution in [0.2, 0.25) is 0 Å². The van der Waals surface area contributed by atoms with Crippen LogP contribution in [0, 0.1) is 5.92 Å². The van der Waals surface area contributed by atoms with Crippen LogP contribution in [0.25, 0.3) is 0 Å². The second kappa shape index (κ2) is 8.37. The second-order valence-electron chi connectivity index (χ2n) is 6.66. The Morgan fingerprint density at radius 1 is 1.11 bits per heavy atom. The molecule has 5 nitrogen and oxygen atoms in total. The van der Waals surface area contributed by atoms with Crippen molar-refractivity contribution in [2.45, 2.75) is 38.3 Å². The van der Waals surface area contributed by atoms with Crippen LogP contribution in [-0.2, 0) is 6.18 Å². The van der Waals surface area contributed by atoms with E-state index in [1.807, 2.05) is 0 Å². The van der Waals surface area contributed by atoms with Gasteiger partial charge in [0.25, 0.3) is 5.91 Å². The average molecular weight is 378 g/mol. The van der Waals surface area contributed by atoms with E-state index < -0.39 is 23.3 Å². The molecule has 1 aliphatic rings. The smallest absolute Gasteiger partial charge is 0.352 e. The van der Waals surface area contributed by atoms with Crippen molar-refractivity contribution < 1.29 is 18.0 Å². The molecule has 1 heterocycles. The van der Waals surface area contributed by atoms with Gasteiger partial charge in [0.05, 0.1) is 5.56 Å². The van der Waals surface area contributed by atoms with Crippen LogP contribution in [-0.4, -0.2) is 22.4 Å². The lowest BCUT2D eigenvalue weighted by molar-refractivity contribution is -0.141. The number of hydrogen-bond acceptors (Lipinski definition) is 4. The molecule has 0 atom stereocenters. The number of nitrogens with one attached hydrogen (secondary N) is 2. The summed E-state index contributed by atoms with van der Waals surface area (Å²) in [4.78, 5) is 19.7. The number of halogens is 3. The van der Waals surface area contributed by atoms with E-state index in [0.29, 0.717) is 18.2 Å². The van der Waals surface area contributed by atoms with Gasteiger partial charge >= 0.3 is 6.18 Å². The van der Waals surface area contributed by atoms with Crippen LogP contribution < -0.4 is 10.6 Å². The number of aromatic nitrogens is 2. The Kier molecular flexibility index (Phi) is 5.93. The van der Waals surface area contributed by atoms with E-state index in [-0.39, 0.29) is 5.95 Å². The third-order valence-electron chi connectivity index (χ3n) is 4.61. The zero-order chi connectivity index (χ0) is 19.3. The van der Waals surface area contributed by atoms with Gasteiger partial charge in [-0.15, -0.1) is 0 Å². The van der Waals surface area contributed by atoms with Crippen molar-refractivity contribution in [3.63, 3.8) is 0 Å². The van der Waals surface area contributed by atoms with Gasteiger partial charge < -0.3 is 10.6 Å². The van der Waals surface area contributed by atoms with E-state index in [9.17, 15) is 18.0 Å².